The lowest BCUT2D eigenvalue weighted by atomic mass is 10.2. The molecular formula is C13H15N3O3S2. The predicted molar refractivity (Wildman–Crippen MR) is 82.5 cm³/mol. The van der Waals surface area contributed by atoms with Crippen LogP contribution in [0, 0.1) is 6.92 Å². The van der Waals surface area contributed by atoms with Crippen molar-refractivity contribution in [1.29, 1.82) is 0 Å². The Morgan fingerprint density at radius 2 is 2.05 bits per heavy atom. The van der Waals surface area contributed by atoms with Crippen molar-refractivity contribution >= 4 is 33.0 Å². The summed E-state index contributed by atoms with van der Waals surface area (Å²) in [6, 6.07) is 5.79. The summed E-state index contributed by atoms with van der Waals surface area (Å²) in [7, 11) is -3.75. The maximum atomic E-state index is 12.2. The van der Waals surface area contributed by atoms with Crippen molar-refractivity contribution in [2.24, 2.45) is 5.73 Å². The predicted octanol–water partition coefficient (Wildman–Crippen LogP) is 1.22. The number of primary amides is 1. The molecule has 0 radical (unpaired) electrons. The van der Waals surface area contributed by atoms with Gasteiger partial charge in [0.1, 0.15) is 4.90 Å². The van der Waals surface area contributed by atoms with E-state index in [0.29, 0.717) is 0 Å². The Balaban J connectivity index is 2.23. The van der Waals surface area contributed by atoms with Crippen LogP contribution in [0.3, 0.4) is 0 Å². The monoisotopic (exact) mass is 325 g/mol. The van der Waals surface area contributed by atoms with Crippen molar-refractivity contribution in [3.63, 3.8) is 0 Å². The molecule has 1 aromatic carbocycles. The Morgan fingerprint density at radius 1 is 1.33 bits per heavy atom. The quantitative estimate of drug-likeness (QED) is 0.717. The maximum Gasteiger partial charge on any atom is 0.248 e. The number of rotatable bonds is 5. The van der Waals surface area contributed by atoms with Gasteiger partial charge in [0.25, 0.3) is 0 Å². The first kappa shape index (κ1) is 15.5. The summed E-state index contributed by atoms with van der Waals surface area (Å²) >= 11 is 1.48. The number of amides is 1. The Bertz CT molecular complexity index is 782. The fraction of sp³-hybridized carbons (Fsp3) is 0.154. The van der Waals surface area contributed by atoms with Gasteiger partial charge in [-0.3, -0.25) is 4.79 Å². The van der Waals surface area contributed by atoms with Gasteiger partial charge in [0.2, 0.25) is 15.9 Å². The standard InChI is InChI=1S/C13H15N3O3S2/c1-8-4-5-20-11(8)7-16-21(18,19)12-3-2-9(13(15)17)6-10(12)14/h2-6,16H,7,14H2,1H3,(H2,15,17). The summed E-state index contributed by atoms with van der Waals surface area (Å²) in [4.78, 5) is 11.9. The largest absolute Gasteiger partial charge is 0.398 e. The van der Waals surface area contributed by atoms with Crippen LogP contribution in [0.2, 0.25) is 0 Å². The number of anilines is 1. The molecule has 112 valence electrons. The van der Waals surface area contributed by atoms with Crippen LogP contribution in [0.15, 0.2) is 34.5 Å². The van der Waals surface area contributed by atoms with E-state index in [1.54, 1.807) is 0 Å². The maximum absolute atomic E-state index is 12.2. The van der Waals surface area contributed by atoms with Crippen molar-refractivity contribution in [2.45, 2.75) is 18.4 Å². The highest BCUT2D eigenvalue weighted by molar-refractivity contribution is 7.89. The number of thiophene rings is 1. The molecule has 21 heavy (non-hydrogen) atoms. The minimum absolute atomic E-state index is 0.0123. The second-order valence-electron chi connectivity index (χ2n) is 4.47. The highest BCUT2D eigenvalue weighted by Gasteiger charge is 2.18. The minimum Gasteiger partial charge on any atom is -0.398 e. The second-order valence-corrected chi connectivity index (χ2v) is 7.20. The highest BCUT2D eigenvalue weighted by atomic mass is 32.2. The SMILES string of the molecule is Cc1ccsc1CNS(=O)(=O)c1ccc(C(N)=O)cc1N. The van der Waals surface area contributed by atoms with Crippen LogP contribution >= 0.6 is 11.3 Å². The molecule has 2 aromatic rings. The zero-order valence-electron chi connectivity index (χ0n) is 11.3. The molecule has 0 bridgehead atoms. The molecule has 6 nitrogen and oxygen atoms in total. The number of nitrogens with two attached hydrogens (primary N) is 2. The van der Waals surface area contributed by atoms with Crippen LogP contribution in [0.4, 0.5) is 5.69 Å². The van der Waals surface area contributed by atoms with Gasteiger partial charge in [0.05, 0.1) is 5.69 Å². The first-order valence-electron chi connectivity index (χ1n) is 6.03. The van der Waals surface area contributed by atoms with Crippen molar-refractivity contribution in [3.8, 4) is 0 Å². The van der Waals surface area contributed by atoms with E-state index in [0.717, 1.165) is 10.4 Å². The zero-order valence-corrected chi connectivity index (χ0v) is 12.9. The summed E-state index contributed by atoms with van der Waals surface area (Å²) in [5.74, 6) is -0.659. The summed E-state index contributed by atoms with van der Waals surface area (Å²) in [6.07, 6.45) is 0. The molecule has 1 amide bonds. The molecule has 1 heterocycles. The van der Waals surface area contributed by atoms with Gasteiger partial charge in [-0.25, -0.2) is 13.1 Å². The van der Waals surface area contributed by atoms with Crippen molar-refractivity contribution in [3.05, 3.63) is 45.6 Å². The third-order valence-electron chi connectivity index (χ3n) is 2.97. The van der Waals surface area contributed by atoms with Crippen molar-refractivity contribution in [1.82, 2.24) is 4.72 Å². The molecule has 0 atom stereocenters. The van der Waals surface area contributed by atoms with Crippen LogP contribution in [0.1, 0.15) is 20.8 Å². The third-order valence-corrected chi connectivity index (χ3v) is 5.47. The summed E-state index contributed by atoms with van der Waals surface area (Å²) in [5, 5.41) is 1.90. The average molecular weight is 325 g/mol. The number of aryl methyl sites for hydroxylation is 1. The van der Waals surface area contributed by atoms with Gasteiger partial charge in [-0.15, -0.1) is 11.3 Å². The molecular weight excluding hydrogens is 310 g/mol. The van der Waals surface area contributed by atoms with Gasteiger partial charge in [-0.1, -0.05) is 0 Å². The van der Waals surface area contributed by atoms with Crippen LogP contribution in [0.5, 0.6) is 0 Å². The molecule has 0 saturated heterocycles. The van der Waals surface area contributed by atoms with Crippen LogP contribution in [-0.4, -0.2) is 14.3 Å². The first-order chi connectivity index (χ1) is 9.81. The van der Waals surface area contributed by atoms with E-state index in [1.165, 1.54) is 29.5 Å². The van der Waals surface area contributed by atoms with E-state index in [4.69, 9.17) is 11.5 Å². The van der Waals surface area contributed by atoms with Gasteiger partial charge in [-0.2, -0.15) is 0 Å². The van der Waals surface area contributed by atoms with Crippen molar-refractivity contribution < 1.29 is 13.2 Å². The fourth-order valence-corrected chi connectivity index (χ4v) is 3.81. The Labute approximate surface area is 126 Å². The Kier molecular flexibility index (Phi) is 4.31. The zero-order chi connectivity index (χ0) is 15.6. The van der Waals surface area contributed by atoms with Crippen molar-refractivity contribution in [2.75, 3.05) is 5.73 Å². The molecule has 5 N–H and O–H groups in total. The third kappa shape index (κ3) is 3.41. The molecule has 2 rings (SSSR count). The molecule has 0 unspecified atom stereocenters. The lowest BCUT2D eigenvalue weighted by Crippen LogP contribution is -2.24. The van der Waals surface area contributed by atoms with E-state index in [-0.39, 0.29) is 22.7 Å². The fourth-order valence-electron chi connectivity index (χ4n) is 1.77. The van der Waals surface area contributed by atoms with E-state index in [2.05, 4.69) is 4.72 Å². The first-order valence-corrected chi connectivity index (χ1v) is 8.39. The normalized spacial score (nSPS) is 11.5. The number of nitrogens with one attached hydrogen (secondary N) is 1. The smallest absolute Gasteiger partial charge is 0.248 e. The Morgan fingerprint density at radius 3 is 2.57 bits per heavy atom. The van der Waals surface area contributed by atoms with E-state index < -0.39 is 15.9 Å². The topological polar surface area (TPSA) is 115 Å². The molecule has 0 aliphatic rings. The van der Waals surface area contributed by atoms with E-state index >= 15 is 0 Å². The molecule has 0 aliphatic carbocycles. The summed E-state index contributed by atoms with van der Waals surface area (Å²) < 4.78 is 27.0. The number of hydrogen-bond donors (Lipinski definition) is 3. The molecule has 8 heteroatoms. The number of hydrogen-bond acceptors (Lipinski definition) is 5. The molecule has 0 spiro atoms. The lowest BCUT2D eigenvalue weighted by molar-refractivity contribution is 0.1000. The molecule has 0 fully saturated rings. The number of nitrogen functional groups attached to an aromatic ring is 1. The number of carbonyl (C=O) groups excluding carboxylic acids is 1. The van der Waals surface area contributed by atoms with Gasteiger partial charge >= 0.3 is 0 Å². The molecule has 0 aliphatic heterocycles. The van der Waals surface area contributed by atoms with Crippen LogP contribution < -0.4 is 16.2 Å². The second kappa shape index (κ2) is 5.84. The Hall–Kier alpha value is -1.90. The van der Waals surface area contributed by atoms with Gasteiger partial charge in [0.15, 0.2) is 0 Å². The summed E-state index contributed by atoms with van der Waals surface area (Å²) in [6.45, 7) is 2.11. The van der Waals surface area contributed by atoms with Gasteiger partial charge in [-0.05, 0) is 42.1 Å². The van der Waals surface area contributed by atoms with Gasteiger partial charge in [0, 0.05) is 17.0 Å². The number of benzene rings is 1. The number of sulfonamides is 1. The molecule has 0 saturated carbocycles. The lowest BCUT2D eigenvalue weighted by Gasteiger charge is -2.09. The summed E-state index contributed by atoms with van der Waals surface area (Å²) in [5.41, 5.74) is 12.0. The van der Waals surface area contributed by atoms with Crippen LogP contribution in [-0.2, 0) is 16.6 Å². The highest BCUT2D eigenvalue weighted by Crippen LogP contribution is 2.21. The average Bonchev–Trinajstić information content (AvgIpc) is 2.81. The van der Waals surface area contributed by atoms with E-state index in [9.17, 15) is 13.2 Å². The number of carbonyl (C=O) groups is 1. The van der Waals surface area contributed by atoms with E-state index in [1.807, 2.05) is 18.4 Å². The van der Waals surface area contributed by atoms with Gasteiger partial charge < -0.3 is 11.5 Å². The van der Waals surface area contributed by atoms with Crippen LogP contribution in [0.25, 0.3) is 0 Å². The minimum atomic E-state index is -3.75. The molecule has 1 aromatic heterocycles.